The molecule has 1 aromatic heterocycles. The molecule has 1 heterocycles. The quantitative estimate of drug-likeness (QED) is 0.587. The maximum Gasteiger partial charge on any atom is 0.312 e. The van der Waals surface area contributed by atoms with Gasteiger partial charge in [-0.25, -0.2) is 0 Å². The number of hydrogen-bond donors (Lipinski definition) is 1. The summed E-state index contributed by atoms with van der Waals surface area (Å²) < 4.78 is 6.30. The van der Waals surface area contributed by atoms with Crippen LogP contribution < -0.4 is 10.1 Å². The van der Waals surface area contributed by atoms with Gasteiger partial charge in [-0.15, -0.1) is 0 Å². The van der Waals surface area contributed by atoms with Crippen LogP contribution in [0.2, 0.25) is 0 Å². The largest absolute Gasteiger partial charge is 0.496 e. The van der Waals surface area contributed by atoms with Crippen molar-refractivity contribution in [1.82, 2.24) is 9.78 Å². The van der Waals surface area contributed by atoms with Gasteiger partial charge in [-0.05, 0) is 26.0 Å². The third kappa shape index (κ3) is 3.94. The van der Waals surface area contributed by atoms with Gasteiger partial charge in [-0.1, -0.05) is 0 Å². The van der Waals surface area contributed by atoms with E-state index in [4.69, 9.17) is 4.74 Å². The third-order valence-electron chi connectivity index (χ3n) is 3.75. The number of amides is 1. The van der Waals surface area contributed by atoms with Crippen LogP contribution in [-0.4, -0.2) is 32.6 Å². The molecule has 0 saturated heterocycles. The first-order chi connectivity index (χ1) is 12.2. The molecule has 0 aliphatic rings. The summed E-state index contributed by atoms with van der Waals surface area (Å²) in [5.41, 5.74) is 0.269. The highest BCUT2D eigenvalue weighted by atomic mass is 16.6. The second-order valence-electron chi connectivity index (χ2n) is 5.44. The van der Waals surface area contributed by atoms with Crippen LogP contribution in [0.25, 0.3) is 0 Å². The summed E-state index contributed by atoms with van der Waals surface area (Å²) in [6.45, 7) is 3.17. The number of anilines is 1. The van der Waals surface area contributed by atoms with Crippen molar-refractivity contribution in [2.24, 2.45) is 0 Å². The lowest BCUT2D eigenvalue weighted by Crippen LogP contribution is -2.16. The Balaban J connectivity index is 2.10. The Labute approximate surface area is 147 Å². The third-order valence-corrected chi connectivity index (χ3v) is 3.75. The normalized spacial score (nSPS) is 10.4. The van der Waals surface area contributed by atoms with Gasteiger partial charge in [0.15, 0.2) is 0 Å². The van der Waals surface area contributed by atoms with Crippen molar-refractivity contribution < 1.29 is 19.4 Å². The molecule has 0 aliphatic carbocycles. The first-order valence-corrected chi connectivity index (χ1v) is 7.55. The van der Waals surface area contributed by atoms with Crippen LogP contribution in [0.15, 0.2) is 18.2 Å². The number of carbonyl (C=O) groups excluding carboxylic acids is 1. The standard InChI is InChI=1S/C15H17N5O6/c1-9-15(20(24)25)10(2)18(17-9)7-6-14(21)16-12-5-4-11(26-3)8-13(12)19(22)23/h4-5,8H,6-7H2,1-3H3,(H,16,21). The molecule has 0 spiro atoms. The van der Waals surface area contributed by atoms with Crippen molar-refractivity contribution in [1.29, 1.82) is 0 Å². The number of nitro benzene ring substituents is 1. The number of nitrogens with one attached hydrogen (secondary N) is 1. The molecule has 0 atom stereocenters. The van der Waals surface area contributed by atoms with E-state index < -0.39 is 15.8 Å². The van der Waals surface area contributed by atoms with Gasteiger partial charge in [0, 0.05) is 6.42 Å². The Bertz CT molecular complexity index is 876. The lowest BCUT2D eigenvalue weighted by Gasteiger charge is -2.08. The monoisotopic (exact) mass is 363 g/mol. The van der Waals surface area contributed by atoms with Crippen LogP contribution in [0.5, 0.6) is 5.75 Å². The van der Waals surface area contributed by atoms with E-state index in [1.54, 1.807) is 6.92 Å². The summed E-state index contributed by atoms with van der Waals surface area (Å²) in [6, 6.07) is 4.08. The van der Waals surface area contributed by atoms with Gasteiger partial charge in [-0.2, -0.15) is 5.10 Å². The molecule has 11 heteroatoms. The van der Waals surface area contributed by atoms with Gasteiger partial charge in [0.2, 0.25) is 5.91 Å². The second kappa shape index (κ2) is 7.59. The lowest BCUT2D eigenvalue weighted by atomic mass is 10.2. The number of aryl methyl sites for hydroxylation is 2. The number of nitrogens with zero attached hydrogens (tertiary/aromatic N) is 4. The van der Waals surface area contributed by atoms with Crippen LogP contribution in [0.4, 0.5) is 17.1 Å². The number of aromatic nitrogens is 2. The average molecular weight is 363 g/mol. The number of benzene rings is 1. The minimum atomic E-state index is -0.623. The highest BCUT2D eigenvalue weighted by molar-refractivity contribution is 5.93. The Morgan fingerprint density at radius 3 is 2.50 bits per heavy atom. The SMILES string of the molecule is COc1ccc(NC(=O)CCn2nc(C)c([N+](=O)[O-])c2C)c([N+](=O)[O-])c1. The number of rotatable bonds is 7. The van der Waals surface area contributed by atoms with E-state index in [0.717, 1.165) is 0 Å². The molecular formula is C15H17N5O6. The second-order valence-corrected chi connectivity index (χ2v) is 5.44. The van der Waals surface area contributed by atoms with Gasteiger partial charge < -0.3 is 10.1 Å². The molecule has 1 N–H and O–H groups in total. The van der Waals surface area contributed by atoms with E-state index >= 15 is 0 Å². The smallest absolute Gasteiger partial charge is 0.312 e. The fraction of sp³-hybridized carbons (Fsp3) is 0.333. The van der Waals surface area contributed by atoms with Crippen molar-refractivity contribution in [2.75, 3.05) is 12.4 Å². The van der Waals surface area contributed by atoms with E-state index in [0.29, 0.717) is 11.4 Å². The molecule has 0 saturated carbocycles. The molecule has 26 heavy (non-hydrogen) atoms. The molecule has 138 valence electrons. The molecule has 2 aromatic rings. The Morgan fingerprint density at radius 1 is 1.27 bits per heavy atom. The lowest BCUT2D eigenvalue weighted by molar-refractivity contribution is -0.386. The van der Waals surface area contributed by atoms with E-state index in [2.05, 4.69) is 10.4 Å². The molecule has 11 nitrogen and oxygen atoms in total. The van der Waals surface area contributed by atoms with E-state index in [9.17, 15) is 25.0 Å². The zero-order valence-corrected chi connectivity index (χ0v) is 14.4. The molecule has 0 aliphatic heterocycles. The summed E-state index contributed by atoms with van der Waals surface area (Å²) in [5.74, 6) is -0.182. The molecule has 0 fully saturated rings. The first-order valence-electron chi connectivity index (χ1n) is 7.55. The first kappa shape index (κ1) is 18.8. The van der Waals surface area contributed by atoms with E-state index in [-0.39, 0.29) is 35.7 Å². The Hall–Kier alpha value is -3.50. The molecule has 0 radical (unpaired) electrons. The molecule has 0 bridgehead atoms. The molecule has 2 rings (SSSR count). The van der Waals surface area contributed by atoms with Gasteiger partial charge in [0.25, 0.3) is 5.69 Å². The van der Waals surface area contributed by atoms with Gasteiger partial charge >= 0.3 is 5.69 Å². The fourth-order valence-electron chi connectivity index (χ4n) is 2.48. The maximum absolute atomic E-state index is 12.1. The zero-order valence-electron chi connectivity index (χ0n) is 14.4. The molecule has 1 aromatic carbocycles. The van der Waals surface area contributed by atoms with Gasteiger partial charge in [0.05, 0.1) is 29.6 Å². The summed E-state index contributed by atoms with van der Waals surface area (Å²) in [5, 5.41) is 28.6. The highest BCUT2D eigenvalue weighted by Crippen LogP contribution is 2.29. The maximum atomic E-state index is 12.1. The van der Waals surface area contributed by atoms with Crippen molar-refractivity contribution in [2.45, 2.75) is 26.8 Å². The Morgan fingerprint density at radius 2 is 1.96 bits per heavy atom. The van der Waals surface area contributed by atoms with Crippen LogP contribution >= 0.6 is 0 Å². The molecular weight excluding hydrogens is 346 g/mol. The minimum Gasteiger partial charge on any atom is -0.496 e. The number of ether oxygens (including phenoxy) is 1. The minimum absolute atomic E-state index is 0.0418. The van der Waals surface area contributed by atoms with Crippen molar-refractivity contribution >= 4 is 23.0 Å². The van der Waals surface area contributed by atoms with Crippen molar-refractivity contribution in [3.05, 3.63) is 49.8 Å². The van der Waals surface area contributed by atoms with Crippen molar-refractivity contribution in [3.8, 4) is 5.75 Å². The van der Waals surface area contributed by atoms with Gasteiger partial charge in [-0.3, -0.25) is 29.7 Å². The van der Waals surface area contributed by atoms with Crippen LogP contribution in [-0.2, 0) is 11.3 Å². The topological polar surface area (TPSA) is 142 Å². The molecule has 1 amide bonds. The number of nitro groups is 2. The summed E-state index contributed by atoms with van der Waals surface area (Å²) >= 11 is 0. The summed E-state index contributed by atoms with van der Waals surface area (Å²) in [7, 11) is 1.38. The summed E-state index contributed by atoms with van der Waals surface area (Å²) in [4.78, 5) is 33.1. The van der Waals surface area contributed by atoms with Crippen LogP contribution in [0, 0.1) is 34.1 Å². The van der Waals surface area contributed by atoms with E-state index in [1.807, 2.05) is 0 Å². The van der Waals surface area contributed by atoms with E-state index in [1.165, 1.54) is 36.9 Å². The average Bonchev–Trinajstić information content (AvgIpc) is 2.87. The molecule has 0 unspecified atom stereocenters. The van der Waals surface area contributed by atoms with Crippen molar-refractivity contribution in [3.63, 3.8) is 0 Å². The number of hydrogen-bond acceptors (Lipinski definition) is 7. The number of methoxy groups -OCH3 is 1. The summed E-state index contributed by atoms with van der Waals surface area (Å²) in [6.07, 6.45) is -0.0533. The van der Waals surface area contributed by atoms with Gasteiger partial charge in [0.1, 0.15) is 22.8 Å². The zero-order chi connectivity index (χ0) is 19.4. The highest BCUT2D eigenvalue weighted by Gasteiger charge is 2.22. The Kier molecular flexibility index (Phi) is 5.50. The predicted octanol–water partition coefficient (Wildman–Crippen LogP) is 2.35. The number of carbonyl (C=O) groups is 1. The predicted molar refractivity (Wildman–Crippen MR) is 91.3 cm³/mol. The van der Waals surface area contributed by atoms with Crippen LogP contribution in [0.1, 0.15) is 17.8 Å². The van der Waals surface area contributed by atoms with Crippen LogP contribution in [0.3, 0.4) is 0 Å². The fourth-order valence-corrected chi connectivity index (χ4v) is 2.48.